The number of aliphatic hydroxyl groups is 8. The van der Waals surface area contributed by atoms with Gasteiger partial charge in [-0.2, -0.15) is 0 Å². The molecule has 0 bridgehead atoms. The van der Waals surface area contributed by atoms with Gasteiger partial charge in [0.2, 0.25) is 0 Å². The zero-order chi connectivity index (χ0) is 30.2. The van der Waals surface area contributed by atoms with Gasteiger partial charge < -0.3 is 59.8 Å². The maximum absolute atomic E-state index is 10.7. The van der Waals surface area contributed by atoms with E-state index < -0.39 is 87.3 Å². The smallest absolute Gasteiger partial charge is 0.187 e. The predicted molar refractivity (Wildman–Crippen MR) is 142 cm³/mol. The largest absolute Gasteiger partial charge is 0.394 e. The van der Waals surface area contributed by atoms with Gasteiger partial charge in [-0.1, -0.05) is 64.7 Å². The first-order valence-electron chi connectivity index (χ1n) is 14.9. The third-order valence-corrected chi connectivity index (χ3v) is 7.41. The summed E-state index contributed by atoms with van der Waals surface area (Å²) in [6.45, 7) is 0.490. The van der Waals surface area contributed by atoms with E-state index in [1.807, 2.05) is 0 Å². The summed E-state index contributed by atoms with van der Waals surface area (Å²) in [5.74, 6) is 0. The van der Waals surface area contributed by atoms with Crippen molar-refractivity contribution in [1.82, 2.24) is 0 Å². The summed E-state index contributed by atoms with van der Waals surface area (Å²) in [5.41, 5.74) is 0. The molecular weight excluding hydrogens is 548 g/mol. The van der Waals surface area contributed by atoms with Crippen molar-refractivity contribution < 1.29 is 69.6 Å². The summed E-state index contributed by atoms with van der Waals surface area (Å²) in [4.78, 5) is 10.3. The monoisotopic (exact) mass is 600 g/mol. The second-order valence-electron chi connectivity index (χ2n) is 10.7. The van der Waals surface area contributed by atoms with Gasteiger partial charge in [0, 0.05) is 0 Å². The number of hydrogen-bond donors (Lipinski definition) is 8. The molecule has 0 saturated carbocycles. The van der Waals surface area contributed by atoms with Gasteiger partial charge in [-0.05, 0) is 6.42 Å². The quantitative estimate of drug-likeness (QED) is 0.0444. The van der Waals surface area contributed by atoms with E-state index in [0.717, 1.165) is 19.3 Å². The summed E-state index contributed by atoms with van der Waals surface area (Å²) in [7, 11) is 0. The minimum absolute atomic E-state index is 0.189. The number of unbranched alkanes of at least 4 members (excludes halogenated alkanes) is 9. The Bertz CT molecular complexity index is 656. The van der Waals surface area contributed by atoms with Gasteiger partial charge in [0.15, 0.2) is 12.6 Å². The van der Waals surface area contributed by atoms with E-state index in [2.05, 4.69) is 6.92 Å². The van der Waals surface area contributed by atoms with Crippen LogP contribution in [0.15, 0.2) is 0 Å². The van der Waals surface area contributed by atoms with E-state index in [1.54, 1.807) is 0 Å². The van der Waals surface area contributed by atoms with Gasteiger partial charge in [-0.15, -0.1) is 0 Å². The molecule has 2 aliphatic rings. The van der Waals surface area contributed by atoms with Crippen LogP contribution in [0.4, 0.5) is 0 Å². The van der Waals surface area contributed by atoms with E-state index in [9.17, 15) is 40.9 Å². The predicted octanol–water partition coefficient (Wildman–Crippen LogP) is -1.14. The number of rotatable bonds is 21. The van der Waals surface area contributed by atoms with Crippen LogP contribution in [0.3, 0.4) is 0 Å². The van der Waals surface area contributed by atoms with E-state index in [1.165, 1.54) is 44.9 Å². The first-order chi connectivity index (χ1) is 19.8. The van der Waals surface area contributed by atoms with Crippen molar-refractivity contribution in [2.75, 3.05) is 33.0 Å². The second-order valence-corrected chi connectivity index (χ2v) is 10.7. The summed E-state index contributed by atoms with van der Waals surface area (Å²) in [6.07, 6.45) is -4.74. The fourth-order valence-electron chi connectivity index (χ4n) is 4.82. The molecule has 244 valence electrons. The van der Waals surface area contributed by atoms with Crippen LogP contribution in [0.5, 0.6) is 0 Å². The Balaban J connectivity index is 1.72. The average Bonchev–Trinajstić information content (AvgIpc) is 2.98. The number of hydrogen-bond acceptors (Lipinski definition) is 14. The Kier molecular flexibility index (Phi) is 18.2. The lowest BCUT2D eigenvalue weighted by Gasteiger charge is -2.46. The van der Waals surface area contributed by atoms with Crippen LogP contribution in [0, 0.1) is 0 Å². The molecule has 8 N–H and O–H groups in total. The van der Waals surface area contributed by atoms with Gasteiger partial charge in [0.1, 0.15) is 61.5 Å². The molecule has 2 heterocycles. The molecule has 41 heavy (non-hydrogen) atoms. The standard InChI is InChI=1S/C27H52O14/c1-2-3-4-5-6-7-8-9-10-11-12-36-37-16-17(13-28)38-26-24(35)22(33)25(19(15-30)40-26)41-27-23(34)21(32)20(31)18(14-29)39-27/h17-35H,2-16H2,1H3/t17?,18-,19-,20+,21+,22-,23-,24-,25-,26+,27+/m1/s1. The zero-order valence-electron chi connectivity index (χ0n) is 24.0. The lowest BCUT2D eigenvalue weighted by molar-refractivity contribution is -0.370. The molecule has 14 heteroatoms. The summed E-state index contributed by atoms with van der Waals surface area (Å²) < 4.78 is 21.9. The van der Waals surface area contributed by atoms with Gasteiger partial charge >= 0.3 is 0 Å². The maximum atomic E-state index is 10.7. The van der Waals surface area contributed by atoms with Gasteiger partial charge in [-0.25, -0.2) is 9.78 Å². The highest BCUT2D eigenvalue weighted by atomic mass is 17.2. The molecule has 1 unspecified atom stereocenters. The molecule has 0 spiro atoms. The normalized spacial score (nSPS) is 35.0. The van der Waals surface area contributed by atoms with E-state index in [4.69, 9.17) is 28.7 Å². The molecule has 11 atom stereocenters. The molecule has 14 nitrogen and oxygen atoms in total. The minimum Gasteiger partial charge on any atom is -0.394 e. The van der Waals surface area contributed by atoms with Crippen molar-refractivity contribution in [2.45, 2.75) is 139 Å². The first kappa shape index (κ1) is 36.6. The van der Waals surface area contributed by atoms with Crippen molar-refractivity contribution >= 4 is 0 Å². The highest BCUT2D eigenvalue weighted by Crippen LogP contribution is 2.30. The van der Waals surface area contributed by atoms with Crippen LogP contribution in [0.25, 0.3) is 0 Å². The van der Waals surface area contributed by atoms with Crippen molar-refractivity contribution in [3.63, 3.8) is 0 Å². The van der Waals surface area contributed by atoms with Crippen molar-refractivity contribution in [2.24, 2.45) is 0 Å². The third-order valence-electron chi connectivity index (χ3n) is 7.41. The van der Waals surface area contributed by atoms with Crippen LogP contribution >= 0.6 is 0 Å². The van der Waals surface area contributed by atoms with Gasteiger partial charge in [0.25, 0.3) is 0 Å². The van der Waals surface area contributed by atoms with Crippen LogP contribution in [-0.4, -0.2) is 141 Å². The molecule has 0 aromatic heterocycles. The Hall–Kier alpha value is -0.560. The SMILES string of the molecule is CCCCCCCCCCCCOOCC(CO)O[C@H]1O[C@H](CO)[C@@H](O[C@@H]2O[C@H](CO)[C@H](O)[C@H](O)[C@H]2O)[C@H](O)[C@H]1O. The van der Waals surface area contributed by atoms with Crippen LogP contribution in [0.2, 0.25) is 0 Å². The highest BCUT2D eigenvalue weighted by molar-refractivity contribution is 4.94. The van der Waals surface area contributed by atoms with E-state index in [0.29, 0.717) is 6.61 Å². The second kappa shape index (κ2) is 20.4. The van der Waals surface area contributed by atoms with Crippen molar-refractivity contribution in [3.05, 3.63) is 0 Å². The molecule has 2 saturated heterocycles. The molecule has 2 aliphatic heterocycles. The highest BCUT2D eigenvalue weighted by Gasteiger charge is 2.51. The Morgan fingerprint density at radius 1 is 0.610 bits per heavy atom. The average molecular weight is 601 g/mol. The fraction of sp³-hybridized carbons (Fsp3) is 1.00. The molecule has 0 aromatic rings. The molecule has 0 radical (unpaired) electrons. The van der Waals surface area contributed by atoms with E-state index in [-0.39, 0.29) is 6.61 Å². The Labute approximate surface area is 241 Å². The van der Waals surface area contributed by atoms with Crippen LogP contribution in [0.1, 0.15) is 71.1 Å². The molecular formula is C27H52O14. The molecule has 0 amide bonds. The van der Waals surface area contributed by atoms with E-state index >= 15 is 0 Å². The summed E-state index contributed by atoms with van der Waals surface area (Å²) in [6, 6.07) is 0. The third kappa shape index (κ3) is 11.8. The molecule has 0 aliphatic carbocycles. The minimum atomic E-state index is -1.76. The zero-order valence-corrected chi connectivity index (χ0v) is 24.0. The van der Waals surface area contributed by atoms with Crippen molar-refractivity contribution in [1.29, 1.82) is 0 Å². The number of aliphatic hydroxyl groups excluding tert-OH is 8. The van der Waals surface area contributed by atoms with Gasteiger partial charge in [-0.3, -0.25) is 0 Å². The lowest BCUT2D eigenvalue weighted by Crippen LogP contribution is -2.65. The summed E-state index contributed by atoms with van der Waals surface area (Å²) >= 11 is 0. The van der Waals surface area contributed by atoms with Crippen LogP contribution < -0.4 is 0 Å². The van der Waals surface area contributed by atoms with Crippen LogP contribution in [-0.2, 0) is 28.7 Å². The van der Waals surface area contributed by atoms with Gasteiger partial charge in [0.05, 0.1) is 26.4 Å². The number of ether oxygens (including phenoxy) is 4. The first-order valence-corrected chi connectivity index (χ1v) is 14.9. The fourth-order valence-corrected chi connectivity index (χ4v) is 4.82. The Morgan fingerprint density at radius 3 is 1.76 bits per heavy atom. The van der Waals surface area contributed by atoms with Crippen molar-refractivity contribution in [3.8, 4) is 0 Å². The topological polar surface area (TPSA) is 217 Å². The summed E-state index contributed by atoms with van der Waals surface area (Å²) in [5, 5.41) is 80.2. The molecule has 2 fully saturated rings. The molecule has 2 rings (SSSR count). The Morgan fingerprint density at radius 2 is 1.17 bits per heavy atom. The lowest BCUT2D eigenvalue weighted by atomic mass is 9.97. The molecule has 0 aromatic carbocycles. The maximum Gasteiger partial charge on any atom is 0.187 e.